The van der Waals surface area contributed by atoms with Crippen LogP contribution in [0.1, 0.15) is 48.9 Å². The van der Waals surface area contributed by atoms with Crippen molar-refractivity contribution in [2.24, 2.45) is 0 Å². The standard InChI is InChI=1S/C49H41N/c1-49(2)46-23-12-11-21-43(46)44-32-45(42-22-13-19-38-18-9-10-20-41(38)42)48(33-47(44)49)50(39-28-24-36(25-29-39)34-14-5-3-6-15-34)40-30-26-37(27-31-40)35-16-7-4-8-17-35/h3-8,11-17,19,21-33H,9-10,18,20H2,1-2H3. The lowest BCUT2D eigenvalue weighted by Gasteiger charge is -2.31. The topological polar surface area (TPSA) is 3.24 Å². The minimum absolute atomic E-state index is 0.116. The zero-order valence-corrected chi connectivity index (χ0v) is 28.9. The highest BCUT2D eigenvalue weighted by Crippen LogP contribution is 2.54. The van der Waals surface area contributed by atoms with Gasteiger partial charge in [-0.1, -0.05) is 141 Å². The van der Waals surface area contributed by atoms with Crippen LogP contribution in [-0.4, -0.2) is 0 Å². The minimum Gasteiger partial charge on any atom is -0.310 e. The molecule has 0 saturated heterocycles. The molecular formula is C49H41N. The molecule has 2 aliphatic rings. The van der Waals surface area contributed by atoms with E-state index in [1.165, 1.54) is 85.3 Å². The van der Waals surface area contributed by atoms with Crippen molar-refractivity contribution in [2.75, 3.05) is 4.90 Å². The van der Waals surface area contributed by atoms with Crippen molar-refractivity contribution in [2.45, 2.75) is 44.9 Å². The highest BCUT2D eigenvalue weighted by atomic mass is 15.1. The van der Waals surface area contributed by atoms with Gasteiger partial charge in [0.15, 0.2) is 0 Å². The number of rotatable bonds is 6. The van der Waals surface area contributed by atoms with Crippen LogP contribution in [0.5, 0.6) is 0 Å². The number of hydrogen-bond donors (Lipinski definition) is 0. The molecule has 242 valence electrons. The van der Waals surface area contributed by atoms with Crippen LogP contribution in [-0.2, 0) is 18.3 Å². The molecule has 0 spiro atoms. The van der Waals surface area contributed by atoms with E-state index < -0.39 is 0 Å². The van der Waals surface area contributed by atoms with Gasteiger partial charge in [0.1, 0.15) is 0 Å². The summed E-state index contributed by atoms with van der Waals surface area (Å²) in [6, 6.07) is 60.7. The van der Waals surface area contributed by atoms with Crippen LogP contribution in [0.15, 0.2) is 164 Å². The van der Waals surface area contributed by atoms with Crippen LogP contribution >= 0.6 is 0 Å². The Hall–Kier alpha value is -5.66. The van der Waals surface area contributed by atoms with Gasteiger partial charge < -0.3 is 4.90 Å². The summed E-state index contributed by atoms with van der Waals surface area (Å²) in [4.78, 5) is 2.50. The fourth-order valence-corrected chi connectivity index (χ4v) is 8.47. The lowest BCUT2D eigenvalue weighted by atomic mass is 9.80. The molecule has 50 heavy (non-hydrogen) atoms. The molecule has 0 amide bonds. The van der Waals surface area contributed by atoms with Gasteiger partial charge in [-0.2, -0.15) is 0 Å². The first-order valence-electron chi connectivity index (χ1n) is 18.1. The minimum atomic E-state index is -0.116. The van der Waals surface area contributed by atoms with E-state index in [4.69, 9.17) is 0 Å². The molecule has 2 aliphatic carbocycles. The van der Waals surface area contributed by atoms with Gasteiger partial charge in [-0.3, -0.25) is 0 Å². The van der Waals surface area contributed by atoms with E-state index in [0.717, 1.165) is 24.2 Å². The molecule has 1 heteroatoms. The number of anilines is 3. The first-order valence-corrected chi connectivity index (χ1v) is 18.1. The van der Waals surface area contributed by atoms with Crippen molar-refractivity contribution in [1.82, 2.24) is 0 Å². The van der Waals surface area contributed by atoms with Crippen LogP contribution in [0, 0.1) is 0 Å². The number of nitrogens with zero attached hydrogens (tertiary/aromatic N) is 1. The van der Waals surface area contributed by atoms with Crippen LogP contribution in [0.25, 0.3) is 44.5 Å². The van der Waals surface area contributed by atoms with Crippen molar-refractivity contribution >= 4 is 17.1 Å². The van der Waals surface area contributed by atoms with Gasteiger partial charge in [0.25, 0.3) is 0 Å². The largest absolute Gasteiger partial charge is 0.310 e. The van der Waals surface area contributed by atoms with Gasteiger partial charge in [0.2, 0.25) is 0 Å². The molecule has 0 radical (unpaired) electrons. The lowest BCUT2D eigenvalue weighted by Crippen LogP contribution is -2.17. The van der Waals surface area contributed by atoms with Crippen LogP contribution < -0.4 is 4.90 Å². The van der Waals surface area contributed by atoms with Gasteiger partial charge in [0.05, 0.1) is 5.69 Å². The highest BCUT2D eigenvalue weighted by molar-refractivity contribution is 5.96. The van der Waals surface area contributed by atoms with Crippen LogP contribution in [0.3, 0.4) is 0 Å². The Morgan fingerprint density at radius 1 is 0.420 bits per heavy atom. The van der Waals surface area contributed by atoms with Gasteiger partial charge in [0, 0.05) is 22.4 Å². The summed E-state index contributed by atoms with van der Waals surface area (Å²) in [7, 11) is 0. The fraction of sp³-hybridized carbons (Fsp3) is 0.143. The summed E-state index contributed by atoms with van der Waals surface area (Å²) in [5.74, 6) is 0. The summed E-state index contributed by atoms with van der Waals surface area (Å²) >= 11 is 0. The van der Waals surface area contributed by atoms with Crippen molar-refractivity contribution in [3.8, 4) is 44.5 Å². The van der Waals surface area contributed by atoms with E-state index in [1.807, 2.05) is 0 Å². The van der Waals surface area contributed by atoms with E-state index in [-0.39, 0.29) is 5.41 Å². The number of benzene rings is 7. The molecule has 7 aromatic carbocycles. The maximum absolute atomic E-state index is 2.52. The van der Waals surface area contributed by atoms with E-state index >= 15 is 0 Å². The van der Waals surface area contributed by atoms with E-state index in [2.05, 4.69) is 183 Å². The number of fused-ring (bicyclic) bond motifs is 4. The Kier molecular flexibility index (Phi) is 7.50. The Balaban J connectivity index is 1.29. The summed E-state index contributed by atoms with van der Waals surface area (Å²) in [5, 5.41) is 0. The molecule has 7 aromatic rings. The SMILES string of the molecule is CC1(C)c2ccccc2-c2cc(-c3cccc4c3CCCC4)c(N(c3ccc(-c4ccccc4)cc3)c3ccc(-c4ccccc4)cc3)cc21. The monoisotopic (exact) mass is 643 g/mol. The molecule has 0 unspecified atom stereocenters. The Labute approximate surface area is 296 Å². The predicted molar refractivity (Wildman–Crippen MR) is 212 cm³/mol. The van der Waals surface area contributed by atoms with Crippen LogP contribution in [0.2, 0.25) is 0 Å². The molecule has 1 nitrogen and oxygen atoms in total. The Morgan fingerprint density at radius 2 is 0.960 bits per heavy atom. The summed E-state index contributed by atoms with van der Waals surface area (Å²) in [6.07, 6.45) is 4.79. The summed E-state index contributed by atoms with van der Waals surface area (Å²) in [5.41, 5.74) is 19.5. The summed E-state index contributed by atoms with van der Waals surface area (Å²) in [6.45, 7) is 4.78. The third kappa shape index (κ3) is 5.17. The molecule has 0 bridgehead atoms. The predicted octanol–water partition coefficient (Wildman–Crippen LogP) is 13.3. The first-order chi connectivity index (χ1) is 24.6. The second kappa shape index (κ2) is 12.3. The summed E-state index contributed by atoms with van der Waals surface area (Å²) < 4.78 is 0. The normalized spacial score (nSPS) is 14.0. The quantitative estimate of drug-likeness (QED) is 0.174. The molecule has 0 aliphatic heterocycles. The van der Waals surface area contributed by atoms with Gasteiger partial charge >= 0.3 is 0 Å². The third-order valence-corrected chi connectivity index (χ3v) is 11.1. The molecule has 0 aromatic heterocycles. The molecule has 0 atom stereocenters. The third-order valence-electron chi connectivity index (χ3n) is 11.1. The van der Waals surface area contributed by atoms with E-state index in [1.54, 1.807) is 0 Å². The van der Waals surface area contributed by atoms with Crippen molar-refractivity contribution in [3.63, 3.8) is 0 Å². The van der Waals surface area contributed by atoms with E-state index in [9.17, 15) is 0 Å². The van der Waals surface area contributed by atoms with E-state index in [0.29, 0.717) is 0 Å². The number of hydrogen-bond acceptors (Lipinski definition) is 1. The van der Waals surface area contributed by atoms with Gasteiger partial charge in [-0.05, 0) is 123 Å². The van der Waals surface area contributed by atoms with Crippen molar-refractivity contribution in [3.05, 3.63) is 186 Å². The maximum atomic E-state index is 2.52. The highest BCUT2D eigenvalue weighted by Gasteiger charge is 2.37. The Bertz CT molecular complexity index is 2230. The second-order valence-electron chi connectivity index (χ2n) is 14.4. The molecule has 0 heterocycles. The molecule has 9 rings (SSSR count). The zero-order chi connectivity index (χ0) is 33.7. The average Bonchev–Trinajstić information content (AvgIpc) is 3.41. The fourth-order valence-electron chi connectivity index (χ4n) is 8.47. The van der Waals surface area contributed by atoms with Crippen molar-refractivity contribution in [1.29, 1.82) is 0 Å². The molecule has 0 saturated carbocycles. The number of aryl methyl sites for hydroxylation is 1. The van der Waals surface area contributed by atoms with Gasteiger partial charge in [-0.15, -0.1) is 0 Å². The Morgan fingerprint density at radius 3 is 1.60 bits per heavy atom. The molecule has 0 N–H and O–H groups in total. The average molecular weight is 644 g/mol. The van der Waals surface area contributed by atoms with Gasteiger partial charge in [-0.25, -0.2) is 0 Å². The first kappa shape index (κ1) is 30.4. The van der Waals surface area contributed by atoms with Crippen LogP contribution in [0.4, 0.5) is 17.1 Å². The lowest BCUT2D eigenvalue weighted by molar-refractivity contribution is 0.660. The zero-order valence-electron chi connectivity index (χ0n) is 28.9. The molecular weight excluding hydrogens is 603 g/mol. The second-order valence-corrected chi connectivity index (χ2v) is 14.4. The molecule has 0 fully saturated rings. The maximum Gasteiger partial charge on any atom is 0.0543 e. The smallest absolute Gasteiger partial charge is 0.0543 e. The van der Waals surface area contributed by atoms with Crippen molar-refractivity contribution < 1.29 is 0 Å².